The van der Waals surface area contributed by atoms with Crippen LogP contribution in [0.1, 0.15) is 31.9 Å². The lowest BCUT2D eigenvalue weighted by Crippen LogP contribution is -2.30. The molecule has 0 saturated carbocycles. The van der Waals surface area contributed by atoms with Crippen molar-refractivity contribution in [1.82, 2.24) is 0 Å². The van der Waals surface area contributed by atoms with E-state index in [-0.39, 0.29) is 12.4 Å². The highest BCUT2D eigenvalue weighted by atomic mass is 127. The van der Waals surface area contributed by atoms with Crippen molar-refractivity contribution in [3.63, 3.8) is 0 Å². The smallest absolute Gasteiger partial charge is 0.412 e. The molecule has 0 saturated heterocycles. The minimum absolute atomic E-state index is 0.0531. The maximum Gasteiger partial charge on any atom is 0.412 e. The molecule has 0 aliphatic heterocycles. The maximum absolute atomic E-state index is 12.8. The van der Waals surface area contributed by atoms with Crippen LogP contribution in [-0.4, -0.2) is 22.9 Å². The Labute approximate surface area is 183 Å². The van der Waals surface area contributed by atoms with Crippen molar-refractivity contribution in [3.05, 3.63) is 69.8 Å². The summed E-state index contributed by atoms with van der Waals surface area (Å²) in [5.41, 5.74) is 0.578. The molecule has 3 N–H and O–H groups in total. The summed E-state index contributed by atoms with van der Waals surface area (Å²) in [5, 5.41) is 24.6. The zero-order chi connectivity index (χ0) is 21.0. The van der Waals surface area contributed by atoms with E-state index in [1.165, 1.54) is 0 Å². The number of benzene rings is 3. The Hall–Kier alpha value is -2.32. The summed E-state index contributed by atoms with van der Waals surface area (Å²) >= 11 is 2.15. The van der Waals surface area contributed by atoms with E-state index < -0.39 is 17.6 Å². The van der Waals surface area contributed by atoms with E-state index in [1.54, 1.807) is 18.2 Å². The number of rotatable bonds is 6. The number of amides is 1. The number of carbonyl (C=O) groups excluding carboxylic acids is 1. The first-order valence-corrected chi connectivity index (χ1v) is 10.4. The molecule has 0 bridgehead atoms. The fourth-order valence-corrected chi connectivity index (χ4v) is 3.89. The number of nitrogens with one attached hydrogen (secondary N) is 1. The van der Waals surface area contributed by atoms with E-state index in [9.17, 15) is 15.0 Å². The number of hydrogen-bond donors (Lipinski definition) is 3. The molecule has 0 heterocycles. The lowest BCUT2D eigenvalue weighted by Gasteiger charge is -2.34. The van der Waals surface area contributed by atoms with E-state index in [0.717, 1.165) is 14.3 Å². The molecule has 0 aliphatic rings. The number of aliphatic hydroxyl groups excluding tert-OH is 1. The molecule has 0 spiro atoms. The lowest BCUT2D eigenvalue weighted by molar-refractivity contribution is 0.0139. The fraction of sp³-hybridized carbons (Fsp3) is 0.261. The number of fused-ring (bicyclic) bond motifs is 1. The predicted molar refractivity (Wildman–Crippen MR) is 123 cm³/mol. The van der Waals surface area contributed by atoms with Crippen molar-refractivity contribution >= 4 is 45.1 Å². The molecule has 0 radical (unpaired) electrons. The van der Waals surface area contributed by atoms with Crippen LogP contribution in [0.4, 0.5) is 10.5 Å². The Kier molecular flexibility index (Phi) is 6.64. The molecule has 5 nitrogen and oxygen atoms in total. The fourth-order valence-electron chi connectivity index (χ4n) is 3.38. The third kappa shape index (κ3) is 5.00. The van der Waals surface area contributed by atoms with Crippen LogP contribution >= 0.6 is 22.6 Å². The average molecular weight is 505 g/mol. The van der Waals surface area contributed by atoms with E-state index >= 15 is 0 Å². The number of carbonyl (C=O) groups is 1. The molecule has 1 atom stereocenters. The first-order valence-electron chi connectivity index (χ1n) is 9.36. The zero-order valence-corrected chi connectivity index (χ0v) is 18.5. The Morgan fingerprint density at radius 3 is 2.62 bits per heavy atom. The molecule has 3 rings (SSSR count). The first kappa shape index (κ1) is 21.4. The SMILES string of the molecule is CC(C)(CCO)[C@H](OC(=O)Nc1cccc2ccccc12)c1cc(I)ccc1O. The molecular weight excluding hydrogens is 481 g/mol. The van der Waals surface area contributed by atoms with Gasteiger partial charge in [0, 0.05) is 26.5 Å². The normalized spacial score (nSPS) is 12.6. The molecule has 1 amide bonds. The van der Waals surface area contributed by atoms with Crippen molar-refractivity contribution < 1.29 is 19.7 Å². The molecule has 29 heavy (non-hydrogen) atoms. The Bertz CT molecular complexity index is 1010. The van der Waals surface area contributed by atoms with Gasteiger partial charge in [0.1, 0.15) is 11.9 Å². The van der Waals surface area contributed by atoms with Gasteiger partial charge in [0.25, 0.3) is 0 Å². The van der Waals surface area contributed by atoms with Crippen LogP contribution in [0.2, 0.25) is 0 Å². The molecule has 0 aliphatic carbocycles. The zero-order valence-electron chi connectivity index (χ0n) is 16.4. The summed E-state index contributed by atoms with van der Waals surface area (Å²) in [6, 6.07) is 18.6. The number of aromatic hydroxyl groups is 1. The molecule has 0 aromatic heterocycles. The van der Waals surface area contributed by atoms with Crippen molar-refractivity contribution in [2.45, 2.75) is 26.4 Å². The van der Waals surface area contributed by atoms with Crippen LogP contribution in [0.3, 0.4) is 0 Å². The van der Waals surface area contributed by atoms with Crippen LogP contribution in [-0.2, 0) is 4.74 Å². The largest absolute Gasteiger partial charge is 0.508 e. The number of phenolic OH excluding ortho intramolecular Hbond substituents is 1. The Morgan fingerprint density at radius 2 is 1.86 bits per heavy atom. The standard InChI is InChI=1S/C23H24INO4/c1-23(2,12-13-26)21(18-14-16(24)10-11-20(18)27)29-22(28)25-19-9-5-7-15-6-3-4-8-17(15)19/h3-11,14,21,26-27H,12-13H2,1-2H3,(H,25,28)/t21-/m1/s1. The maximum atomic E-state index is 12.8. The summed E-state index contributed by atoms with van der Waals surface area (Å²) in [4.78, 5) is 12.8. The summed E-state index contributed by atoms with van der Waals surface area (Å²) < 4.78 is 6.73. The van der Waals surface area contributed by atoms with E-state index in [0.29, 0.717) is 17.7 Å². The molecule has 3 aromatic carbocycles. The Balaban J connectivity index is 1.91. The van der Waals surface area contributed by atoms with Crippen LogP contribution in [0, 0.1) is 8.99 Å². The number of phenols is 1. The quantitative estimate of drug-likeness (QED) is 0.368. The van der Waals surface area contributed by atoms with Gasteiger partial charge in [-0.3, -0.25) is 5.32 Å². The van der Waals surface area contributed by atoms with Crippen LogP contribution < -0.4 is 5.32 Å². The van der Waals surface area contributed by atoms with Gasteiger partial charge in [0.05, 0.1) is 5.69 Å². The first-order chi connectivity index (χ1) is 13.8. The molecule has 152 valence electrons. The molecule has 0 unspecified atom stereocenters. The van der Waals surface area contributed by atoms with Gasteiger partial charge in [-0.1, -0.05) is 50.2 Å². The van der Waals surface area contributed by atoms with Gasteiger partial charge in [0.2, 0.25) is 0 Å². The minimum atomic E-state index is -0.737. The minimum Gasteiger partial charge on any atom is -0.508 e. The van der Waals surface area contributed by atoms with Crippen molar-refractivity contribution in [1.29, 1.82) is 0 Å². The van der Waals surface area contributed by atoms with Crippen molar-refractivity contribution in [2.75, 3.05) is 11.9 Å². The molecular formula is C23H24INO4. The number of ether oxygens (including phenoxy) is 1. The van der Waals surface area contributed by atoms with E-state index in [4.69, 9.17) is 4.74 Å². The highest BCUT2D eigenvalue weighted by Crippen LogP contribution is 2.43. The summed E-state index contributed by atoms with van der Waals surface area (Å²) in [6.45, 7) is 3.75. The average Bonchev–Trinajstić information content (AvgIpc) is 2.68. The van der Waals surface area contributed by atoms with Gasteiger partial charge in [-0.05, 0) is 58.7 Å². The van der Waals surface area contributed by atoms with Crippen molar-refractivity contribution in [2.24, 2.45) is 5.41 Å². The molecule has 0 fully saturated rings. The summed E-state index contributed by atoms with van der Waals surface area (Å²) in [5.74, 6) is 0.0550. The second-order valence-electron chi connectivity index (χ2n) is 7.60. The van der Waals surface area contributed by atoms with Crippen LogP contribution in [0.15, 0.2) is 60.7 Å². The second kappa shape index (κ2) is 9.00. The van der Waals surface area contributed by atoms with Gasteiger partial charge in [-0.15, -0.1) is 0 Å². The topological polar surface area (TPSA) is 78.8 Å². The van der Waals surface area contributed by atoms with E-state index in [1.807, 2.05) is 56.3 Å². The van der Waals surface area contributed by atoms with Crippen LogP contribution in [0.25, 0.3) is 10.8 Å². The van der Waals surface area contributed by atoms with Gasteiger partial charge in [-0.25, -0.2) is 4.79 Å². The second-order valence-corrected chi connectivity index (χ2v) is 8.85. The van der Waals surface area contributed by atoms with Gasteiger partial charge in [-0.2, -0.15) is 0 Å². The summed E-state index contributed by atoms with van der Waals surface area (Å²) in [6.07, 6.45) is -0.945. The van der Waals surface area contributed by atoms with Gasteiger partial charge in [0.15, 0.2) is 0 Å². The molecule has 3 aromatic rings. The van der Waals surface area contributed by atoms with Gasteiger partial charge >= 0.3 is 6.09 Å². The highest BCUT2D eigenvalue weighted by Gasteiger charge is 2.36. The third-order valence-electron chi connectivity index (χ3n) is 4.99. The number of hydrogen-bond acceptors (Lipinski definition) is 4. The Morgan fingerprint density at radius 1 is 1.14 bits per heavy atom. The summed E-state index contributed by atoms with van der Waals surface area (Å²) in [7, 11) is 0. The third-order valence-corrected chi connectivity index (χ3v) is 5.66. The predicted octanol–water partition coefficient (Wildman–Crippen LogP) is 5.85. The van der Waals surface area contributed by atoms with E-state index in [2.05, 4.69) is 27.9 Å². The van der Waals surface area contributed by atoms with Crippen LogP contribution in [0.5, 0.6) is 5.75 Å². The van der Waals surface area contributed by atoms with Crippen molar-refractivity contribution in [3.8, 4) is 5.75 Å². The highest BCUT2D eigenvalue weighted by molar-refractivity contribution is 14.1. The van der Waals surface area contributed by atoms with Gasteiger partial charge < -0.3 is 14.9 Å². The number of halogens is 1. The lowest BCUT2D eigenvalue weighted by atomic mass is 9.79. The number of aliphatic hydroxyl groups is 1. The number of anilines is 1. The monoisotopic (exact) mass is 505 g/mol. The molecule has 6 heteroatoms.